The van der Waals surface area contributed by atoms with Crippen LogP contribution in [0.1, 0.15) is 31.4 Å². The molecule has 3 nitrogen and oxygen atoms in total. The Morgan fingerprint density at radius 2 is 1.89 bits per heavy atom. The average molecular weight is 260 g/mol. The molecule has 1 fully saturated rings. The van der Waals surface area contributed by atoms with Crippen molar-refractivity contribution in [2.24, 2.45) is 11.3 Å². The van der Waals surface area contributed by atoms with Crippen LogP contribution in [0.4, 0.5) is 5.69 Å². The van der Waals surface area contributed by atoms with Gasteiger partial charge >= 0.3 is 0 Å². The Morgan fingerprint density at radius 1 is 1.26 bits per heavy atom. The van der Waals surface area contributed by atoms with E-state index in [4.69, 9.17) is 0 Å². The maximum absolute atomic E-state index is 12.6. The van der Waals surface area contributed by atoms with Gasteiger partial charge in [0.15, 0.2) is 0 Å². The normalized spacial score (nSPS) is 22.8. The molecule has 1 aromatic rings. The van der Waals surface area contributed by atoms with Gasteiger partial charge < -0.3 is 10.6 Å². The van der Waals surface area contributed by atoms with Crippen LogP contribution in [0, 0.1) is 25.2 Å². The number of anilines is 1. The van der Waals surface area contributed by atoms with Crippen LogP contribution in [0.3, 0.4) is 0 Å². The minimum absolute atomic E-state index is 0.150. The SMILES string of the molecule is Cc1cc(C)cc(NC(=O)C2(C(C)C)CCNC2)c1. The summed E-state index contributed by atoms with van der Waals surface area (Å²) >= 11 is 0. The predicted octanol–water partition coefficient (Wildman–Crippen LogP) is 2.88. The molecular formula is C16H24N2O. The van der Waals surface area contributed by atoms with Gasteiger partial charge in [-0.1, -0.05) is 19.9 Å². The molecule has 3 heteroatoms. The van der Waals surface area contributed by atoms with E-state index in [0.717, 1.165) is 25.2 Å². The molecule has 2 rings (SSSR count). The van der Waals surface area contributed by atoms with Crippen LogP contribution < -0.4 is 10.6 Å². The van der Waals surface area contributed by atoms with E-state index in [1.807, 2.05) is 12.1 Å². The molecule has 2 N–H and O–H groups in total. The van der Waals surface area contributed by atoms with Crippen molar-refractivity contribution in [3.05, 3.63) is 29.3 Å². The summed E-state index contributed by atoms with van der Waals surface area (Å²) in [5.74, 6) is 0.492. The Bertz CT molecular complexity index is 453. The molecule has 1 unspecified atom stereocenters. The van der Waals surface area contributed by atoms with Crippen LogP contribution in [0.25, 0.3) is 0 Å². The summed E-state index contributed by atoms with van der Waals surface area (Å²) in [6.07, 6.45) is 0.918. The average Bonchev–Trinajstić information content (AvgIpc) is 2.77. The van der Waals surface area contributed by atoms with Gasteiger partial charge in [-0.3, -0.25) is 4.79 Å². The summed E-state index contributed by atoms with van der Waals surface area (Å²) in [6, 6.07) is 6.17. The lowest BCUT2D eigenvalue weighted by Gasteiger charge is -2.31. The van der Waals surface area contributed by atoms with Crippen molar-refractivity contribution in [3.8, 4) is 0 Å². The van der Waals surface area contributed by atoms with Crippen molar-refractivity contribution in [1.29, 1.82) is 0 Å². The molecular weight excluding hydrogens is 236 g/mol. The molecule has 1 aliphatic heterocycles. The standard InChI is InChI=1S/C16H24N2O/c1-11(2)16(5-6-17-10-16)15(19)18-14-8-12(3)7-13(4)9-14/h7-9,11,17H,5-6,10H2,1-4H3,(H,18,19). The fourth-order valence-corrected chi connectivity index (χ4v) is 2.96. The number of benzene rings is 1. The van der Waals surface area contributed by atoms with Crippen molar-refractivity contribution in [3.63, 3.8) is 0 Å². The summed E-state index contributed by atoms with van der Waals surface area (Å²) in [7, 11) is 0. The first-order chi connectivity index (χ1) is 8.94. The molecule has 104 valence electrons. The Labute approximate surface area is 115 Å². The van der Waals surface area contributed by atoms with E-state index >= 15 is 0 Å². The molecule has 0 saturated carbocycles. The van der Waals surface area contributed by atoms with Gasteiger partial charge in [-0.25, -0.2) is 0 Å². The van der Waals surface area contributed by atoms with Crippen LogP contribution in [-0.4, -0.2) is 19.0 Å². The lowest BCUT2D eigenvalue weighted by molar-refractivity contribution is -0.126. The Kier molecular flexibility index (Phi) is 3.95. The van der Waals surface area contributed by atoms with E-state index in [0.29, 0.717) is 5.92 Å². The minimum Gasteiger partial charge on any atom is -0.326 e. The topological polar surface area (TPSA) is 41.1 Å². The van der Waals surface area contributed by atoms with Crippen molar-refractivity contribution < 1.29 is 4.79 Å². The highest BCUT2D eigenvalue weighted by atomic mass is 16.2. The van der Waals surface area contributed by atoms with Crippen molar-refractivity contribution in [1.82, 2.24) is 5.32 Å². The smallest absolute Gasteiger partial charge is 0.232 e. The first-order valence-corrected chi connectivity index (χ1v) is 7.04. The van der Waals surface area contributed by atoms with Gasteiger partial charge in [-0.05, 0) is 56.0 Å². The summed E-state index contributed by atoms with van der Waals surface area (Å²) in [4.78, 5) is 12.6. The molecule has 0 bridgehead atoms. The summed E-state index contributed by atoms with van der Waals surface area (Å²) < 4.78 is 0. The van der Waals surface area contributed by atoms with Gasteiger partial charge in [0.2, 0.25) is 5.91 Å². The van der Waals surface area contributed by atoms with E-state index in [1.54, 1.807) is 0 Å². The van der Waals surface area contributed by atoms with Crippen molar-refractivity contribution >= 4 is 11.6 Å². The predicted molar refractivity (Wildman–Crippen MR) is 79.3 cm³/mol. The molecule has 1 amide bonds. The number of hydrogen-bond donors (Lipinski definition) is 2. The molecule has 0 radical (unpaired) electrons. The largest absolute Gasteiger partial charge is 0.326 e. The van der Waals surface area contributed by atoms with Crippen LogP contribution >= 0.6 is 0 Å². The van der Waals surface area contributed by atoms with E-state index in [9.17, 15) is 4.79 Å². The number of amides is 1. The van der Waals surface area contributed by atoms with Gasteiger partial charge in [-0.15, -0.1) is 0 Å². The number of carbonyl (C=O) groups excluding carboxylic acids is 1. The summed E-state index contributed by atoms with van der Waals surface area (Å²) in [5.41, 5.74) is 3.00. The van der Waals surface area contributed by atoms with Crippen LogP contribution in [0.2, 0.25) is 0 Å². The van der Waals surface area contributed by atoms with E-state index in [2.05, 4.69) is 44.4 Å². The molecule has 1 atom stereocenters. The fourth-order valence-electron chi connectivity index (χ4n) is 2.96. The maximum atomic E-state index is 12.6. The van der Waals surface area contributed by atoms with Gasteiger partial charge in [0.1, 0.15) is 0 Å². The van der Waals surface area contributed by atoms with Gasteiger partial charge in [-0.2, -0.15) is 0 Å². The first-order valence-electron chi connectivity index (χ1n) is 7.04. The third-order valence-electron chi connectivity index (χ3n) is 4.23. The summed E-state index contributed by atoms with van der Waals surface area (Å²) in [6.45, 7) is 10.1. The lowest BCUT2D eigenvalue weighted by atomic mass is 9.75. The third-order valence-corrected chi connectivity index (χ3v) is 4.23. The van der Waals surface area contributed by atoms with Crippen molar-refractivity contribution in [2.45, 2.75) is 34.1 Å². The molecule has 1 aliphatic rings. The van der Waals surface area contributed by atoms with Crippen LogP contribution in [0.5, 0.6) is 0 Å². The van der Waals surface area contributed by atoms with Gasteiger partial charge in [0.25, 0.3) is 0 Å². The maximum Gasteiger partial charge on any atom is 0.232 e. The quantitative estimate of drug-likeness (QED) is 0.877. The molecule has 0 aliphatic carbocycles. The van der Waals surface area contributed by atoms with Crippen molar-refractivity contribution in [2.75, 3.05) is 18.4 Å². The highest BCUT2D eigenvalue weighted by molar-refractivity contribution is 5.96. The highest BCUT2D eigenvalue weighted by Crippen LogP contribution is 2.35. The molecule has 1 aromatic carbocycles. The molecule has 0 spiro atoms. The second-order valence-electron chi connectivity index (χ2n) is 6.07. The highest BCUT2D eigenvalue weighted by Gasteiger charge is 2.43. The molecule has 19 heavy (non-hydrogen) atoms. The number of aryl methyl sites for hydroxylation is 2. The lowest BCUT2D eigenvalue weighted by Crippen LogP contribution is -2.42. The van der Waals surface area contributed by atoms with E-state index in [1.165, 1.54) is 11.1 Å². The molecule has 0 aromatic heterocycles. The number of rotatable bonds is 3. The third kappa shape index (κ3) is 2.81. The molecule has 1 saturated heterocycles. The molecule has 1 heterocycles. The van der Waals surface area contributed by atoms with Crippen LogP contribution in [0.15, 0.2) is 18.2 Å². The minimum atomic E-state index is -0.266. The fraction of sp³-hybridized carbons (Fsp3) is 0.562. The first kappa shape index (κ1) is 14.1. The monoisotopic (exact) mass is 260 g/mol. The zero-order valence-corrected chi connectivity index (χ0v) is 12.3. The van der Waals surface area contributed by atoms with E-state index in [-0.39, 0.29) is 11.3 Å². The van der Waals surface area contributed by atoms with Gasteiger partial charge in [0, 0.05) is 12.2 Å². The second-order valence-corrected chi connectivity index (χ2v) is 6.07. The Hall–Kier alpha value is -1.35. The Balaban J connectivity index is 2.20. The van der Waals surface area contributed by atoms with E-state index < -0.39 is 0 Å². The Morgan fingerprint density at radius 3 is 2.37 bits per heavy atom. The summed E-state index contributed by atoms with van der Waals surface area (Å²) in [5, 5.41) is 6.43. The van der Waals surface area contributed by atoms with Gasteiger partial charge in [0.05, 0.1) is 5.41 Å². The zero-order chi connectivity index (χ0) is 14.0. The number of nitrogens with one attached hydrogen (secondary N) is 2. The number of hydrogen-bond acceptors (Lipinski definition) is 2. The second kappa shape index (κ2) is 5.33. The van der Waals surface area contributed by atoms with Crippen LogP contribution in [-0.2, 0) is 4.79 Å². The number of carbonyl (C=O) groups is 1. The zero-order valence-electron chi connectivity index (χ0n) is 12.3.